The normalized spacial score (nSPS) is 18.5. The summed E-state index contributed by atoms with van der Waals surface area (Å²) in [5, 5.41) is 10.4. The maximum Gasteiger partial charge on any atom is 0.328 e. The van der Waals surface area contributed by atoms with E-state index in [0.29, 0.717) is 41.2 Å². The Balaban J connectivity index is 1.56. The molecule has 31 heavy (non-hydrogen) atoms. The van der Waals surface area contributed by atoms with Gasteiger partial charge in [0.15, 0.2) is 11.5 Å². The van der Waals surface area contributed by atoms with E-state index in [-0.39, 0.29) is 11.7 Å². The highest BCUT2D eigenvalue weighted by atomic mass is 19.1. The van der Waals surface area contributed by atoms with E-state index in [1.165, 1.54) is 12.3 Å². The molecule has 1 aliphatic rings. The second-order valence-electron chi connectivity index (χ2n) is 7.69. The quantitative estimate of drug-likeness (QED) is 0.461. The van der Waals surface area contributed by atoms with Gasteiger partial charge in [-0.05, 0) is 36.1 Å². The van der Waals surface area contributed by atoms with Crippen LogP contribution in [0.3, 0.4) is 0 Å². The first kappa shape index (κ1) is 18.0. The zero-order valence-corrected chi connectivity index (χ0v) is 16.2. The van der Waals surface area contributed by atoms with Crippen molar-refractivity contribution in [3.63, 3.8) is 0 Å². The summed E-state index contributed by atoms with van der Waals surface area (Å²) in [6, 6.07) is 10.3. The highest BCUT2D eigenvalue weighted by Crippen LogP contribution is 2.38. The van der Waals surface area contributed by atoms with Gasteiger partial charge in [0.1, 0.15) is 22.7 Å². The van der Waals surface area contributed by atoms with E-state index >= 15 is 0 Å². The number of rotatable bonds is 2. The maximum absolute atomic E-state index is 13.8. The van der Waals surface area contributed by atoms with Gasteiger partial charge in [-0.25, -0.2) is 24.1 Å². The Labute approximate surface area is 174 Å². The van der Waals surface area contributed by atoms with Gasteiger partial charge in [-0.1, -0.05) is 24.3 Å². The molecule has 154 valence electrons. The zero-order valence-electron chi connectivity index (χ0n) is 16.2. The molecular weight excluding hydrogens is 399 g/mol. The molecule has 0 aliphatic heterocycles. The molecule has 0 fully saturated rings. The predicted molar refractivity (Wildman–Crippen MR) is 111 cm³/mol. The molecule has 2 unspecified atom stereocenters. The van der Waals surface area contributed by atoms with Crippen LogP contribution in [0.15, 0.2) is 59.8 Å². The Morgan fingerprint density at radius 1 is 1.06 bits per heavy atom. The number of hydrogen-bond donors (Lipinski definition) is 2. The lowest BCUT2D eigenvalue weighted by molar-refractivity contribution is 0.147. The number of pyridine rings is 1. The molecule has 0 radical (unpaired) electrons. The Morgan fingerprint density at radius 3 is 2.77 bits per heavy atom. The van der Waals surface area contributed by atoms with Crippen molar-refractivity contribution in [2.75, 3.05) is 0 Å². The number of benzene rings is 1. The number of halogens is 1. The molecule has 0 spiro atoms. The molecule has 6 rings (SSSR count). The Kier molecular flexibility index (Phi) is 3.81. The molecule has 2 N–H and O–H groups in total. The predicted octanol–water partition coefficient (Wildman–Crippen LogP) is 2.99. The van der Waals surface area contributed by atoms with Crippen molar-refractivity contribution in [1.82, 2.24) is 28.9 Å². The van der Waals surface area contributed by atoms with Crippen molar-refractivity contribution in [2.45, 2.75) is 25.0 Å². The van der Waals surface area contributed by atoms with Gasteiger partial charge in [-0.15, -0.1) is 0 Å². The number of nitrogens with zero attached hydrogens (tertiary/aromatic N) is 5. The Morgan fingerprint density at radius 2 is 1.90 bits per heavy atom. The second-order valence-corrected chi connectivity index (χ2v) is 7.69. The van der Waals surface area contributed by atoms with Crippen molar-refractivity contribution in [1.29, 1.82) is 0 Å². The minimum Gasteiger partial charge on any atom is -0.388 e. The van der Waals surface area contributed by atoms with E-state index in [1.54, 1.807) is 27.4 Å². The minimum absolute atomic E-state index is 0.261. The fraction of sp³-hybridized carbons (Fsp3) is 0.182. The molecule has 0 bridgehead atoms. The molecule has 0 saturated carbocycles. The fourth-order valence-electron chi connectivity index (χ4n) is 4.46. The molecule has 4 heterocycles. The van der Waals surface area contributed by atoms with Crippen LogP contribution in [-0.2, 0) is 0 Å². The van der Waals surface area contributed by atoms with Gasteiger partial charge in [0.2, 0.25) is 0 Å². The van der Waals surface area contributed by atoms with Gasteiger partial charge >= 0.3 is 5.69 Å². The largest absolute Gasteiger partial charge is 0.388 e. The van der Waals surface area contributed by atoms with Crippen LogP contribution >= 0.6 is 0 Å². The topological polar surface area (TPSA) is 101 Å². The summed E-state index contributed by atoms with van der Waals surface area (Å²) in [5.41, 5.74) is 3.50. The van der Waals surface area contributed by atoms with Crippen LogP contribution in [0.4, 0.5) is 4.39 Å². The number of aliphatic hydroxyl groups is 1. The van der Waals surface area contributed by atoms with Crippen LogP contribution in [0.1, 0.15) is 36.1 Å². The fourth-order valence-corrected chi connectivity index (χ4v) is 4.46. The molecule has 0 amide bonds. The van der Waals surface area contributed by atoms with Gasteiger partial charge < -0.3 is 10.1 Å². The third-order valence-electron chi connectivity index (χ3n) is 5.90. The van der Waals surface area contributed by atoms with Crippen LogP contribution < -0.4 is 5.69 Å². The van der Waals surface area contributed by atoms with Crippen molar-refractivity contribution >= 4 is 16.8 Å². The standard InChI is InChI=1S/C22H17FN6O2/c23-12-5-8-19-24-10-17(28(19)11-12)20-25-9-15-21(27-20)29(22(31)26-15)16-6-7-18(30)14-4-2-1-3-13(14)16/h1-5,8-11,16,18,30H,6-7H2,(H,26,31). The van der Waals surface area contributed by atoms with Crippen LogP contribution in [0.2, 0.25) is 0 Å². The van der Waals surface area contributed by atoms with Crippen LogP contribution in [0.25, 0.3) is 28.3 Å². The number of imidazole rings is 2. The van der Waals surface area contributed by atoms with Gasteiger partial charge in [-0.3, -0.25) is 8.97 Å². The maximum atomic E-state index is 13.8. The average molecular weight is 416 g/mol. The molecule has 1 aliphatic carbocycles. The van der Waals surface area contributed by atoms with E-state index in [1.807, 2.05) is 24.3 Å². The molecule has 2 atom stereocenters. The molecule has 1 aromatic carbocycles. The van der Waals surface area contributed by atoms with Crippen LogP contribution in [-0.4, -0.2) is 34.0 Å². The van der Waals surface area contributed by atoms with Gasteiger partial charge in [0.25, 0.3) is 0 Å². The SMILES string of the molecule is O=c1[nH]c2cnc(-c3cnc4ccc(F)cn34)nc2n1C1CCC(O)c2ccccc21. The van der Waals surface area contributed by atoms with Crippen LogP contribution in [0, 0.1) is 5.82 Å². The van der Waals surface area contributed by atoms with E-state index in [0.717, 1.165) is 11.1 Å². The first-order chi connectivity index (χ1) is 15.1. The third kappa shape index (κ3) is 2.70. The highest BCUT2D eigenvalue weighted by molar-refractivity contribution is 5.73. The summed E-state index contributed by atoms with van der Waals surface area (Å²) in [7, 11) is 0. The molecule has 5 aromatic rings. The summed E-state index contributed by atoms with van der Waals surface area (Å²) < 4.78 is 17.0. The number of nitrogens with one attached hydrogen (secondary N) is 1. The Hall–Kier alpha value is -3.85. The number of aromatic amines is 1. The first-order valence-electron chi connectivity index (χ1n) is 9.97. The number of H-pyrrole nitrogens is 1. The van der Waals surface area contributed by atoms with E-state index in [4.69, 9.17) is 0 Å². The van der Waals surface area contributed by atoms with E-state index in [2.05, 4.69) is 19.9 Å². The van der Waals surface area contributed by atoms with Crippen molar-refractivity contribution in [3.05, 3.63) is 82.4 Å². The van der Waals surface area contributed by atoms with E-state index in [9.17, 15) is 14.3 Å². The molecule has 9 heteroatoms. The van der Waals surface area contributed by atoms with Gasteiger partial charge in [0.05, 0.1) is 24.5 Å². The lowest BCUT2D eigenvalue weighted by atomic mass is 9.85. The summed E-state index contributed by atoms with van der Waals surface area (Å²) in [4.78, 5) is 29.0. The third-order valence-corrected chi connectivity index (χ3v) is 5.90. The Bertz CT molecular complexity index is 1520. The lowest BCUT2D eigenvalue weighted by Crippen LogP contribution is -2.27. The summed E-state index contributed by atoms with van der Waals surface area (Å²) >= 11 is 0. The van der Waals surface area contributed by atoms with Gasteiger partial charge in [-0.2, -0.15) is 0 Å². The highest BCUT2D eigenvalue weighted by Gasteiger charge is 2.29. The number of aliphatic hydroxyl groups excluding tert-OH is 1. The number of aromatic nitrogens is 6. The minimum atomic E-state index is -0.549. The average Bonchev–Trinajstić information content (AvgIpc) is 3.34. The molecule has 8 nitrogen and oxygen atoms in total. The molecule has 0 saturated heterocycles. The monoisotopic (exact) mass is 416 g/mol. The lowest BCUT2D eigenvalue weighted by Gasteiger charge is -2.29. The zero-order chi connectivity index (χ0) is 21.1. The summed E-state index contributed by atoms with van der Waals surface area (Å²) in [6.45, 7) is 0. The number of hydrogen-bond acceptors (Lipinski definition) is 5. The van der Waals surface area contributed by atoms with Gasteiger partial charge in [0, 0.05) is 6.20 Å². The van der Waals surface area contributed by atoms with Crippen molar-refractivity contribution in [2.24, 2.45) is 0 Å². The molecular formula is C22H17FN6O2. The second kappa shape index (κ2) is 6.58. The molecule has 4 aromatic heterocycles. The summed E-state index contributed by atoms with van der Waals surface area (Å²) in [5.74, 6) is -0.0637. The van der Waals surface area contributed by atoms with E-state index < -0.39 is 11.9 Å². The number of fused-ring (bicyclic) bond motifs is 3. The van der Waals surface area contributed by atoms with Crippen LogP contribution in [0.5, 0.6) is 0 Å². The van der Waals surface area contributed by atoms with Crippen molar-refractivity contribution in [3.8, 4) is 11.5 Å². The van der Waals surface area contributed by atoms with Crippen molar-refractivity contribution < 1.29 is 9.50 Å². The summed E-state index contributed by atoms with van der Waals surface area (Å²) in [6.07, 6.45) is 5.06. The smallest absolute Gasteiger partial charge is 0.328 e. The first-order valence-corrected chi connectivity index (χ1v) is 9.97.